The molecule has 0 saturated carbocycles. The van der Waals surface area contributed by atoms with Crippen molar-refractivity contribution in [2.75, 3.05) is 6.54 Å². The van der Waals surface area contributed by atoms with E-state index in [1.54, 1.807) is 24.5 Å². The molecular formula is C21H17Cl2N5O2S. The summed E-state index contributed by atoms with van der Waals surface area (Å²) in [7, 11) is -4.02. The second-order valence-electron chi connectivity index (χ2n) is 6.79. The van der Waals surface area contributed by atoms with Crippen molar-refractivity contribution in [2.45, 2.75) is 10.8 Å². The molecule has 0 bridgehead atoms. The minimum atomic E-state index is -4.02. The Morgan fingerprint density at radius 2 is 1.55 bits per heavy atom. The number of nitrogens with zero attached hydrogens (tertiary/aromatic N) is 4. The minimum Gasteiger partial charge on any atom is -0.367 e. The van der Waals surface area contributed by atoms with Crippen molar-refractivity contribution in [3.63, 3.8) is 0 Å². The Bertz CT molecular complexity index is 1250. The van der Waals surface area contributed by atoms with E-state index in [0.29, 0.717) is 16.6 Å². The lowest BCUT2D eigenvalue weighted by Crippen LogP contribution is -2.33. The van der Waals surface area contributed by atoms with E-state index >= 15 is 0 Å². The van der Waals surface area contributed by atoms with Crippen LogP contribution in [0.15, 0.2) is 87.5 Å². The lowest BCUT2D eigenvalue weighted by atomic mass is 9.91. The highest BCUT2D eigenvalue weighted by atomic mass is 35.5. The van der Waals surface area contributed by atoms with Crippen LogP contribution in [0, 0.1) is 0 Å². The molecule has 2 aromatic carbocycles. The molecule has 2 N–H and O–H groups in total. The summed E-state index contributed by atoms with van der Waals surface area (Å²) in [5, 5.41) is 7.00. The molecule has 7 nitrogen and oxygen atoms in total. The summed E-state index contributed by atoms with van der Waals surface area (Å²) in [5.74, 6) is -0.380. The molecule has 0 saturated heterocycles. The molecule has 4 rings (SSSR count). The zero-order valence-corrected chi connectivity index (χ0v) is 18.4. The topological polar surface area (TPSA) is 101 Å². The van der Waals surface area contributed by atoms with Gasteiger partial charge in [-0.05, 0) is 59.7 Å². The summed E-state index contributed by atoms with van der Waals surface area (Å²) in [5.41, 5.74) is 8.61. The van der Waals surface area contributed by atoms with Crippen molar-refractivity contribution in [2.24, 2.45) is 15.2 Å². The van der Waals surface area contributed by atoms with Gasteiger partial charge in [0.15, 0.2) is 0 Å². The Morgan fingerprint density at radius 3 is 2.16 bits per heavy atom. The smallest absolute Gasteiger partial charge is 0.285 e. The van der Waals surface area contributed by atoms with Crippen LogP contribution >= 0.6 is 23.2 Å². The molecule has 1 aliphatic heterocycles. The number of nitrogens with two attached hydrogens (primary N) is 1. The maximum atomic E-state index is 12.6. The maximum Gasteiger partial charge on any atom is 0.285 e. The van der Waals surface area contributed by atoms with E-state index in [4.69, 9.17) is 28.9 Å². The third-order valence-corrected chi connectivity index (χ3v) is 6.55. The highest BCUT2D eigenvalue weighted by molar-refractivity contribution is 7.90. The Balaban J connectivity index is 1.70. The molecule has 158 valence electrons. The molecule has 31 heavy (non-hydrogen) atoms. The predicted molar refractivity (Wildman–Crippen MR) is 122 cm³/mol. The molecule has 0 spiro atoms. The van der Waals surface area contributed by atoms with Crippen LogP contribution in [0.3, 0.4) is 0 Å². The molecule has 0 aliphatic carbocycles. The number of hydrogen-bond acceptors (Lipinski definition) is 4. The molecule has 0 fully saturated rings. The van der Waals surface area contributed by atoms with E-state index < -0.39 is 10.0 Å². The molecule has 0 amide bonds. The van der Waals surface area contributed by atoms with Crippen molar-refractivity contribution in [1.82, 2.24) is 9.99 Å². The van der Waals surface area contributed by atoms with Crippen LogP contribution in [0.2, 0.25) is 10.0 Å². The fraction of sp³-hybridized carbons (Fsp3) is 0.0952. The van der Waals surface area contributed by atoms with Crippen LogP contribution in [-0.4, -0.2) is 36.6 Å². The fourth-order valence-corrected chi connectivity index (χ4v) is 4.39. The number of benzene rings is 2. The van der Waals surface area contributed by atoms with Crippen molar-refractivity contribution >= 4 is 44.9 Å². The average molecular weight is 474 g/mol. The Kier molecular flexibility index (Phi) is 5.95. The van der Waals surface area contributed by atoms with Crippen molar-refractivity contribution in [3.05, 3.63) is 94.2 Å². The van der Waals surface area contributed by atoms with Gasteiger partial charge in [0.2, 0.25) is 5.96 Å². The van der Waals surface area contributed by atoms with Crippen LogP contribution < -0.4 is 5.73 Å². The summed E-state index contributed by atoms with van der Waals surface area (Å²) >= 11 is 11.9. The largest absolute Gasteiger partial charge is 0.367 e. The number of pyridine rings is 1. The van der Waals surface area contributed by atoms with Gasteiger partial charge >= 0.3 is 0 Å². The Labute approximate surface area is 189 Å². The second-order valence-corrected chi connectivity index (χ2v) is 9.26. The van der Waals surface area contributed by atoms with Crippen molar-refractivity contribution in [3.8, 4) is 0 Å². The van der Waals surface area contributed by atoms with Gasteiger partial charge in [0.05, 0.1) is 17.2 Å². The van der Waals surface area contributed by atoms with E-state index in [2.05, 4.69) is 14.5 Å². The SMILES string of the molecule is NC(=NS(=O)(=O)c1ccc(Cl)cc1)N1CC(c2ccncc2)C(c2ccc(Cl)cc2)=N1. The van der Waals surface area contributed by atoms with E-state index in [-0.39, 0.29) is 16.8 Å². The van der Waals surface area contributed by atoms with E-state index in [1.807, 2.05) is 24.3 Å². The molecule has 2 heterocycles. The standard InChI is InChI=1S/C21H17Cl2N5O2S/c22-16-3-1-15(2-4-16)20-19(14-9-11-25-12-10-14)13-28(26-20)21(24)27-31(29,30)18-7-5-17(23)6-8-18/h1-12,19H,13H2,(H2,24,27). The number of rotatable bonds is 4. The minimum absolute atomic E-state index is 0.00775. The van der Waals surface area contributed by atoms with Gasteiger partial charge < -0.3 is 5.73 Å². The van der Waals surface area contributed by atoms with Gasteiger partial charge in [-0.25, -0.2) is 5.01 Å². The van der Waals surface area contributed by atoms with E-state index in [9.17, 15) is 8.42 Å². The quantitative estimate of drug-likeness (QED) is 0.457. The average Bonchev–Trinajstić information content (AvgIpc) is 3.21. The van der Waals surface area contributed by atoms with E-state index in [1.165, 1.54) is 29.3 Å². The van der Waals surface area contributed by atoms with Gasteiger partial charge in [-0.2, -0.15) is 13.5 Å². The molecule has 1 unspecified atom stereocenters. The van der Waals surface area contributed by atoms with Crippen LogP contribution in [0.1, 0.15) is 17.0 Å². The molecule has 1 aliphatic rings. The van der Waals surface area contributed by atoms with Gasteiger partial charge in [-0.3, -0.25) is 4.98 Å². The zero-order valence-electron chi connectivity index (χ0n) is 16.1. The lowest BCUT2D eigenvalue weighted by molar-refractivity contribution is 0.470. The Morgan fingerprint density at radius 1 is 0.968 bits per heavy atom. The molecule has 3 aromatic rings. The first-order valence-corrected chi connectivity index (χ1v) is 11.4. The molecular weight excluding hydrogens is 457 g/mol. The maximum absolute atomic E-state index is 12.6. The number of hydrogen-bond donors (Lipinski definition) is 1. The van der Waals surface area contributed by atoms with Gasteiger partial charge in [-0.15, -0.1) is 4.40 Å². The molecule has 0 radical (unpaired) electrons. The van der Waals surface area contributed by atoms with Gasteiger partial charge in [-0.1, -0.05) is 35.3 Å². The van der Waals surface area contributed by atoms with Crippen molar-refractivity contribution < 1.29 is 8.42 Å². The van der Waals surface area contributed by atoms with Crippen LogP contribution in [0.25, 0.3) is 0 Å². The third-order valence-electron chi connectivity index (χ3n) is 4.75. The third kappa shape index (κ3) is 4.71. The highest BCUT2D eigenvalue weighted by Crippen LogP contribution is 2.29. The number of halogens is 2. The first-order valence-electron chi connectivity index (χ1n) is 9.21. The van der Waals surface area contributed by atoms with Crippen LogP contribution in [-0.2, 0) is 10.0 Å². The summed E-state index contributed by atoms with van der Waals surface area (Å²) in [6.45, 7) is 0.327. The van der Waals surface area contributed by atoms with Gasteiger partial charge in [0.25, 0.3) is 10.0 Å². The molecule has 1 atom stereocenters. The molecule has 10 heteroatoms. The first-order chi connectivity index (χ1) is 14.8. The number of sulfonamides is 1. The number of hydrazone groups is 1. The van der Waals surface area contributed by atoms with Crippen LogP contribution in [0.4, 0.5) is 0 Å². The predicted octanol–water partition coefficient (Wildman–Crippen LogP) is 3.90. The van der Waals surface area contributed by atoms with Gasteiger partial charge in [0, 0.05) is 28.4 Å². The normalized spacial score (nSPS) is 17.0. The summed E-state index contributed by atoms with van der Waals surface area (Å²) in [4.78, 5) is 4.05. The summed E-state index contributed by atoms with van der Waals surface area (Å²) in [6, 6.07) is 16.7. The highest BCUT2D eigenvalue weighted by Gasteiger charge is 2.31. The number of guanidine groups is 1. The number of aromatic nitrogens is 1. The van der Waals surface area contributed by atoms with Crippen molar-refractivity contribution in [1.29, 1.82) is 0 Å². The fourth-order valence-electron chi connectivity index (χ4n) is 3.21. The molecule has 1 aromatic heterocycles. The van der Waals surface area contributed by atoms with Crippen LogP contribution in [0.5, 0.6) is 0 Å². The summed E-state index contributed by atoms with van der Waals surface area (Å²) < 4.78 is 29.1. The zero-order chi connectivity index (χ0) is 22.0. The lowest BCUT2D eigenvalue weighted by Gasteiger charge is -2.15. The first kappa shape index (κ1) is 21.3. The summed E-state index contributed by atoms with van der Waals surface area (Å²) in [6.07, 6.45) is 3.39. The Hall–Kier alpha value is -2.94. The van der Waals surface area contributed by atoms with Gasteiger partial charge in [0.1, 0.15) is 0 Å². The second kappa shape index (κ2) is 8.66. The van der Waals surface area contributed by atoms with E-state index in [0.717, 1.165) is 16.8 Å². The monoisotopic (exact) mass is 473 g/mol.